The predicted molar refractivity (Wildman–Crippen MR) is 137 cm³/mol. The summed E-state index contributed by atoms with van der Waals surface area (Å²) >= 11 is 13.2. The number of hydrogen-bond acceptors (Lipinski definition) is 5. The lowest BCUT2D eigenvalue weighted by Crippen LogP contribution is -2.49. The lowest BCUT2D eigenvalue weighted by molar-refractivity contribution is -0.152. The normalized spacial score (nSPS) is 14.2. The van der Waals surface area contributed by atoms with Gasteiger partial charge in [0.25, 0.3) is 17.7 Å². The van der Waals surface area contributed by atoms with Gasteiger partial charge >= 0.3 is 12.1 Å². The summed E-state index contributed by atoms with van der Waals surface area (Å²) in [7, 11) is 0. The van der Waals surface area contributed by atoms with Gasteiger partial charge in [0, 0.05) is 17.9 Å². The highest BCUT2D eigenvalue weighted by Crippen LogP contribution is 2.46. The summed E-state index contributed by atoms with van der Waals surface area (Å²) in [4.78, 5) is 52.4. The number of carbonyl (C=O) groups is 4. The first-order valence-electron chi connectivity index (χ1n) is 10.0. The molecule has 3 amide bonds. The van der Waals surface area contributed by atoms with Crippen molar-refractivity contribution < 1.29 is 37.1 Å². The van der Waals surface area contributed by atoms with Crippen molar-refractivity contribution in [1.29, 1.82) is 0 Å². The largest absolute Gasteiger partial charge is 0.454 e. The van der Waals surface area contributed by atoms with Crippen molar-refractivity contribution in [2.24, 2.45) is 5.92 Å². The van der Waals surface area contributed by atoms with Crippen LogP contribution in [0, 0.1) is 5.92 Å². The van der Waals surface area contributed by atoms with Crippen molar-refractivity contribution in [3.63, 3.8) is 0 Å². The summed E-state index contributed by atoms with van der Waals surface area (Å²) < 4.78 is 46.0. The van der Waals surface area contributed by atoms with Gasteiger partial charge in [0.15, 0.2) is 6.61 Å². The lowest BCUT2D eigenvalue weighted by Gasteiger charge is -2.27. The summed E-state index contributed by atoms with van der Waals surface area (Å²) in [6.45, 7) is 2.22. The van der Waals surface area contributed by atoms with Gasteiger partial charge in [-0.3, -0.25) is 19.3 Å². The minimum Gasteiger partial charge on any atom is -0.454 e. The first-order chi connectivity index (χ1) is 16.7. The van der Waals surface area contributed by atoms with Crippen molar-refractivity contribution >= 4 is 93.1 Å². The fraction of sp³-hybridized carbons (Fsp3) is 0.273. The third kappa shape index (κ3) is 5.41. The summed E-state index contributed by atoms with van der Waals surface area (Å²) in [5, 5.41) is 2.06. The highest BCUT2D eigenvalue weighted by Gasteiger charge is 2.48. The number of halogens is 7. The van der Waals surface area contributed by atoms with Crippen LogP contribution < -0.4 is 5.32 Å². The maximum absolute atomic E-state index is 13.2. The first-order valence-corrected chi connectivity index (χ1v) is 13.2. The molecule has 0 spiro atoms. The number of hydrogen-bond donors (Lipinski definition) is 1. The molecule has 7 nitrogen and oxygen atoms in total. The van der Waals surface area contributed by atoms with E-state index in [-0.39, 0.29) is 11.1 Å². The number of carbonyl (C=O) groups excluding carboxylic acids is 4. The Labute approximate surface area is 236 Å². The van der Waals surface area contributed by atoms with E-state index in [1.54, 1.807) is 13.8 Å². The number of imide groups is 1. The van der Waals surface area contributed by atoms with Gasteiger partial charge < -0.3 is 10.1 Å². The third-order valence-corrected chi connectivity index (χ3v) is 9.90. The van der Waals surface area contributed by atoms with E-state index in [9.17, 15) is 32.3 Å². The Hall–Kier alpha value is -1.77. The second kappa shape index (κ2) is 10.9. The molecule has 0 unspecified atom stereocenters. The Kier molecular flexibility index (Phi) is 8.73. The summed E-state index contributed by atoms with van der Waals surface area (Å²) in [5.74, 6) is -4.21. The Bertz CT molecular complexity index is 1240. The monoisotopic (exact) mass is 760 g/mol. The molecule has 0 radical (unpaired) electrons. The van der Waals surface area contributed by atoms with Gasteiger partial charge in [0.2, 0.25) is 0 Å². The molecule has 1 atom stereocenters. The van der Waals surface area contributed by atoms with Gasteiger partial charge in [0.05, 0.1) is 22.4 Å². The minimum atomic E-state index is -4.71. The van der Waals surface area contributed by atoms with Crippen LogP contribution in [0.15, 0.2) is 42.2 Å². The van der Waals surface area contributed by atoms with E-state index in [4.69, 9.17) is 4.74 Å². The molecule has 3 rings (SSSR count). The molecule has 36 heavy (non-hydrogen) atoms. The second-order valence-electron chi connectivity index (χ2n) is 7.87. The van der Waals surface area contributed by atoms with Crippen molar-refractivity contribution in [3.05, 3.63) is 58.8 Å². The highest BCUT2D eigenvalue weighted by molar-refractivity contribution is 9.15. The lowest BCUT2D eigenvalue weighted by atomic mass is 10.0. The molecular formula is C22H15Br4F3N2O5. The Morgan fingerprint density at radius 3 is 1.92 bits per heavy atom. The molecule has 0 aromatic heterocycles. The van der Waals surface area contributed by atoms with Crippen LogP contribution in [0.5, 0.6) is 0 Å². The molecule has 1 aliphatic rings. The van der Waals surface area contributed by atoms with Crippen LogP contribution in [-0.4, -0.2) is 41.2 Å². The number of fused-ring (bicyclic) bond motifs is 1. The fourth-order valence-corrected chi connectivity index (χ4v) is 6.00. The van der Waals surface area contributed by atoms with Gasteiger partial charge in [-0.15, -0.1) is 0 Å². The van der Waals surface area contributed by atoms with Gasteiger partial charge in [-0.25, -0.2) is 4.79 Å². The molecule has 0 saturated carbocycles. The highest BCUT2D eigenvalue weighted by atomic mass is 79.9. The molecule has 192 valence electrons. The van der Waals surface area contributed by atoms with Crippen LogP contribution in [0.25, 0.3) is 0 Å². The zero-order chi connectivity index (χ0) is 27.1. The number of anilines is 1. The van der Waals surface area contributed by atoms with Crippen LogP contribution in [0.2, 0.25) is 0 Å². The molecule has 0 fully saturated rings. The fourth-order valence-electron chi connectivity index (χ4n) is 3.54. The molecule has 0 bridgehead atoms. The van der Waals surface area contributed by atoms with E-state index in [2.05, 4.69) is 69.0 Å². The van der Waals surface area contributed by atoms with Crippen molar-refractivity contribution in [2.45, 2.75) is 26.1 Å². The number of amides is 3. The number of ether oxygens (including phenoxy) is 1. The zero-order valence-electron chi connectivity index (χ0n) is 18.3. The number of benzene rings is 2. The summed E-state index contributed by atoms with van der Waals surface area (Å²) in [6, 6.07) is 2.93. The maximum Gasteiger partial charge on any atom is 0.418 e. The van der Waals surface area contributed by atoms with Crippen molar-refractivity contribution in [3.8, 4) is 0 Å². The molecule has 14 heteroatoms. The molecular weight excluding hydrogens is 749 g/mol. The van der Waals surface area contributed by atoms with Crippen molar-refractivity contribution in [1.82, 2.24) is 4.90 Å². The topological polar surface area (TPSA) is 92.8 Å². The van der Waals surface area contributed by atoms with E-state index in [0.717, 1.165) is 17.0 Å². The van der Waals surface area contributed by atoms with Crippen LogP contribution >= 0.6 is 63.7 Å². The van der Waals surface area contributed by atoms with Crippen LogP contribution in [-0.2, 0) is 20.5 Å². The Morgan fingerprint density at radius 1 is 0.944 bits per heavy atom. The number of para-hydroxylation sites is 1. The first kappa shape index (κ1) is 28.8. The second-order valence-corrected chi connectivity index (χ2v) is 11.0. The molecule has 1 aliphatic heterocycles. The van der Waals surface area contributed by atoms with Gasteiger partial charge in [-0.05, 0) is 81.8 Å². The van der Waals surface area contributed by atoms with Gasteiger partial charge in [0.1, 0.15) is 6.04 Å². The van der Waals surface area contributed by atoms with E-state index in [0.29, 0.717) is 17.9 Å². The maximum atomic E-state index is 13.2. The van der Waals surface area contributed by atoms with E-state index in [1.807, 2.05) is 0 Å². The van der Waals surface area contributed by atoms with Crippen LogP contribution in [0.4, 0.5) is 18.9 Å². The summed E-state index contributed by atoms with van der Waals surface area (Å²) in [5.41, 5.74) is -1.51. The van der Waals surface area contributed by atoms with E-state index >= 15 is 0 Å². The number of nitrogens with zero attached hydrogens (tertiary/aromatic N) is 1. The molecule has 1 heterocycles. The van der Waals surface area contributed by atoms with Gasteiger partial charge in [-0.1, -0.05) is 26.0 Å². The molecule has 0 aliphatic carbocycles. The average Bonchev–Trinajstić information content (AvgIpc) is 3.05. The Morgan fingerprint density at radius 2 is 1.44 bits per heavy atom. The molecule has 0 saturated heterocycles. The molecule has 2 aromatic rings. The third-order valence-electron chi connectivity index (χ3n) is 5.14. The number of alkyl halides is 3. The SMILES string of the molecule is CC(C)[C@@H](C(=O)OCC(=O)Nc1ccccc1C(F)(F)F)N1C(=O)c2c(Br)c(Br)c(Br)c(Br)c2C1=O. The number of esters is 1. The predicted octanol–water partition coefficient (Wildman–Crippen LogP) is 6.56. The van der Waals surface area contributed by atoms with E-state index in [1.165, 1.54) is 12.1 Å². The smallest absolute Gasteiger partial charge is 0.418 e. The molecule has 2 aromatic carbocycles. The quantitative estimate of drug-likeness (QED) is 0.156. The van der Waals surface area contributed by atoms with E-state index < -0.39 is 59.7 Å². The van der Waals surface area contributed by atoms with Gasteiger partial charge in [-0.2, -0.15) is 13.2 Å². The molecule has 1 N–H and O–H groups in total. The standard InChI is InChI=1S/C22H15Br4F3N2O5/c1-8(2)18(31-19(33)12-13(20(31)34)15(24)17(26)16(25)14(12)23)21(35)36-7-11(32)30-10-6-4-3-5-9(10)22(27,28)29/h3-6,8,18H,7H2,1-2H3,(H,30,32)/t18-/m0/s1. The van der Waals surface area contributed by atoms with Crippen LogP contribution in [0.1, 0.15) is 40.1 Å². The zero-order valence-corrected chi connectivity index (χ0v) is 24.6. The Balaban J connectivity index is 1.81. The number of rotatable bonds is 6. The average molecular weight is 764 g/mol. The minimum absolute atomic E-state index is 0.0295. The van der Waals surface area contributed by atoms with Crippen molar-refractivity contribution in [2.75, 3.05) is 11.9 Å². The summed E-state index contributed by atoms with van der Waals surface area (Å²) in [6.07, 6.45) is -4.71. The van der Waals surface area contributed by atoms with Crippen LogP contribution in [0.3, 0.4) is 0 Å². The number of nitrogens with one attached hydrogen (secondary N) is 1.